The largest absolute Gasteiger partial charge is 0.505 e. The number of azo groups is 1. The van der Waals surface area contributed by atoms with Gasteiger partial charge in [-0.1, -0.05) is 53.5 Å². The van der Waals surface area contributed by atoms with Crippen LogP contribution in [0.5, 0.6) is 11.5 Å². The van der Waals surface area contributed by atoms with Gasteiger partial charge >= 0.3 is 0 Å². The van der Waals surface area contributed by atoms with Crippen LogP contribution in [0.4, 0.5) is 17.1 Å². The monoisotopic (exact) mass is 559 g/mol. The second kappa shape index (κ2) is 10.3. The molecule has 4 rings (SSSR count). The molecular weight excluding hydrogens is 541 g/mol. The number of ether oxygens (including phenoxy) is 1. The van der Waals surface area contributed by atoms with Crippen LogP contribution in [0.25, 0.3) is 10.8 Å². The summed E-state index contributed by atoms with van der Waals surface area (Å²) >= 11 is 12.2. The zero-order valence-corrected chi connectivity index (χ0v) is 21.7. The molecule has 0 aliphatic heterocycles. The highest BCUT2D eigenvalue weighted by Crippen LogP contribution is 2.41. The number of halogens is 2. The third kappa shape index (κ3) is 5.23. The number of hydrogen-bond acceptors (Lipinski definition) is 7. The van der Waals surface area contributed by atoms with Gasteiger partial charge in [0, 0.05) is 5.39 Å². The molecule has 4 aromatic rings. The van der Waals surface area contributed by atoms with E-state index in [9.17, 15) is 22.9 Å². The Morgan fingerprint density at radius 3 is 2.43 bits per heavy atom. The molecule has 0 unspecified atom stereocenters. The number of rotatable bonds is 6. The fourth-order valence-corrected chi connectivity index (χ4v) is 5.26. The Labute approximate surface area is 222 Å². The third-order valence-electron chi connectivity index (χ3n) is 5.52. The van der Waals surface area contributed by atoms with Gasteiger partial charge < -0.3 is 15.2 Å². The average Bonchev–Trinajstić information content (AvgIpc) is 2.84. The van der Waals surface area contributed by atoms with Crippen molar-refractivity contribution in [3.63, 3.8) is 0 Å². The Morgan fingerprint density at radius 2 is 1.73 bits per heavy atom. The highest BCUT2D eigenvalue weighted by Gasteiger charge is 2.22. The van der Waals surface area contributed by atoms with Crippen molar-refractivity contribution in [2.24, 2.45) is 10.2 Å². The first kappa shape index (κ1) is 26.4. The number of benzene rings is 4. The summed E-state index contributed by atoms with van der Waals surface area (Å²) in [5.41, 5.74) is 0.221. The zero-order valence-electron chi connectivity index (χ0n) is 19.4. The summed E-state index contributed by atoms with van der Waals surface area (Å²) in [5.74, 6) is -0.816. The van der Waals surface area contributed by atoms with Gasteiger partial charge in [-0.2, -0.15) is 13.5 Å². The number of aromatic hydroxyl groups is 1. The van der Waals surface area contributed by atoms with Crippen molar-refractivity contribution in [3.8, 4) is 11.5 Å². The zero-order chi connectivity index (χ0) is 26.9. The van der Waals surface area contributed by atoms with Crippen LogP contribution >= 0.6 is 23.2 Å². The van der Waals surface area contributed by atoms with Crippen LogP contribution < -0.4 is 10.1 Å². The van der Waals surface area contributed by atoms with E-state index in [0.717, 1.165) is 0 Å². The van der Waals surface area contributed by atoms with Crippen molar-refractivity contribution >= 4 is 67.1 Å². The summed E-state index contributed by atoms with van der Waals surface area (Å²) in [6.45, 7) is 1.40. The van der Waals surface area contributed by atoms with Crippen molar-refractivity contribution in [2.75, 3.05) is 12.4 Å². The number of methoxy groups -OCH3 is 1. The maximum absolute atomic E-state index is 13.2. The van der Waals surface area contributed by atoms with Gasteiger partial charge in [-0.05, 0) is 48.2 Å². The fourth-order valence-electron chi connectivity index (χ4n) is 3.75. The van der Waals surface area contributed by atoms with Gasteiger partial charge in [0.1, 0.15) is 22.0 Å². The quantitative estimate of drug-likeness (QED) is 0.170. The predicted octanol–water partition coefficient (Wildman–Crippen LogP) is 7.08. The molecule has 1 amide bonds. The summed E-state index contributed by atoms with van der Waals surface area (Å²) < 4.78 is 38.3. The number of phenolic OH excluding ortho intramolecular Hbond substituents is 1. The average molecular weight is 560 g/mol. The van der Waals surface area contributed by atoms with Gasteiger partial charge in [-0.15, -0.1) is 5.11 Å². The lowest BCUT2D eigenvalue weighted by Crippen LogP contribution is -2.13. The molecule has 0 saturated heterocycles. The lowest BCUT2D eigenvalue weighted by Gasteiger charge is -2.14. The van der Waals surface area contributed by atoms with Gasteiger partial charge in [0.15, 0.2) is 5.75 Å². The number of carbonyl (C=O) groups is 1. The summed E-state index contributed by atoms with van der Waals surface area (Å²) in [7, 11) is -3.20. The Balaban J connectivity index is 1.83. The molecular formula is C25H19Cl2N3O6S. The van der Waals surface area contributed by atoms with Crippen LogP contribution in [0.1, 0.15) is 15.9 Å². The molecule has 0 aliphatic rings. The molecule has 0 atom stereocenters. The van der Waals surface area contributed by atoms with Crippen LogP contribution in [0.3, 0.4) is 0 Å². The molecule has 0 fully saturated rings. The summed E-state index contributed by atoms with van der Waals surface area (Å²) in [6, 6.07) is 15.9. The topological polar surface area (TPSA) is 138 Å². The first-order chi connectivity index (χ1) is 17.5. The number of amides is 1. The number of anilines is 1. The van der Waals surface area contributed by atoms with Crippen molar-refractivity contribution < 1.29 is 27.6 Å². The van der Waals surface area contributed by atoms with Crippen LogP contribution in [-0.2, 0) is 10.1 Å². The maximum atomic E-state index is 13.2. The van der Waals surface area contributed by atoms with Gasteiger partial charge in [0.2, 0.25) is 0 Å². The van der Waals surface area contributed by atoms with Gasteiger partial charge in [0.05, 0.1) is 28.4 Å². The fraction of sp³-hybridized carbons (Fsp3) is 0.0800. The van der Waals surface area contributed by atoms with E-state index in [1.807, 2.05) is 0 Å². The highest BCUT2D eigenvalue weighted by molar-refractivity contribution is 7.86. The molecule has 0 heterocycles. The van der Waals surface area contributed by atoms with E-state index < -0.39 is 26.7 Å². The molecule has 3 N–H and O–H groups in total. The number of phenols is 1. The molecule has 190 valence electrons. The molecule has 37 heavy (non-hydrogen) atoms. The van der Waals surface area contributed by atoms with Crippen LogP contribution in [-0.4, -0.2) is 31.1 Å². The van der Waals surface area contributed by atoms with E-state index in [0.29, 0.717) is 16.5 Å². The molecule has 0 spiro atoms. The van der Waals surface area contributed by atoms with Crippen molar-refractivity contribution in [2.45, 2.75) is 11.8 Å². The maximum Gasteiger partial charge on any atom is 0.296 e. The van der Waals surface area contributed by atoms with E-state index in [1.165, 1.54) is 32.2 Å². The Hall–Kier alpha value is -3.70. The molecule has 0 aliphatic carbocycles. The predicted molar refractivity (Wildman–Crippen MR) is 142 cm³/mol. The second-order valence-corrected chi connectivity index (χ2v) is 9.98. The number of nitrogens with zero attached hydrogens (tertiary/aromatic N) is 2. The standard InChI is InChI=1S/C25H19Cl2N3O6S/c1-13-19(11-10-18(27)24(13)37(33,34)35)29-30-21-15-7-4-3-6-14(15)12-16(23(21)31)25(32)28-22-17(26)8-5-9-20(22)36-2/h3-12,31H,1-2H3,(H,28,32)(H,33,34,35). The van der Waals surface area contributed by atoms with Gasteiger partial charge in [0.25, 0.3) is 16.0 Å². The van der Waals surface area contributed by atoms with Crippen molar-refractivity contribution in [1.29, 1.82) is 0 Å². The van der Waals surface area contributed by atoms with E-state index in [2.05, 4.69) is 15.5 Å². The highest BCUT2D eigenvalue weighted by atomic mass is 35.5. The van der Waals surface area contributed by atoms with E-state index in [1.54, 1.807) is 42.5 Å². The van der Waals surface area contributed by atoms with Crippen LogP contribution in [0, 0.1) is 6.92 Å². The minimum atomic E-state index is -4.63. The van der Waals surface area contributed by atoms with Gasteiger partial charge in [-0.3, -0.25) is 9.35 Å². The first-order valence-electron chi connectivity index (χ1n) is 10.6. The number of carbonyl (C=O) groups excluding carboxylic acids is 1. The van der Waals surface area contributed by atoms with E-state index >= 15 is 0 Å². The Morgan fingerprint density at radius 1 is 1.00 bits per heavy atom. The van der Waals surface area contributed by atoms with Crippen LogP contribution in [0.2, 0.25) is 10.0 Å². The molecule has 4 aromatic carbocycles. The minimum absolute atomic E-state index is 0.0304. The number of para-hydroxylation sites is 1. The second-order valence-electron chi connectivity index (χ2n) is 7.81. The van der Waals surface area contributed by atoms with Crippen molar-refractivity contribution in [3.05, 3.63) is 81.8 Å². The number of hydrogen-bond donors (Lipinski definition) is 3. The lowest BCUT2D eigenvalue weighted by molar-refractivity contribution is 0.102. The molecule has 0 radical (unpaired) electrons. The third-order valence-corrected chi connectivity index (χ3v) is 7.30. The molecule has 0 aromatic heterocycles. The number of fused-ring (bicyclic) bond motifs is 1. The SMILES string of the molecule is COc1cccc(Cl)c1NC(=O)c1cc2ccccc2c(N=Nc2ccc(Cl)c(S(=O)(=O)O)c2C)c1O. The molecule has 0 saturated carbocycles. The van der Waals surface area contributed by atoms with E-state index in [-0.39, 0.29) is 38.2 Å². The Kier molecular flexibility index (Phi) is 7.37. The van der Waals surface area contributed by atoms with E-state index in [4.69, 9.17) is 27.9 Å². The smallest absolute Gasteiger partial charge is 0.296 e. The van der Waals surface area contributed by atoms with Crippen molar-refractivity contribution in [1.82, 2.24) is 0 Å². The number of nitrogens with one attached hydrogen (secondary N) is 1. The first-order valence-corrected chi connectivity index (χ1v) is 12.8. The lowest BCUT2D eigenvalue weighted by atomic mass is 10.0. The molecule has 0 bridgehead atoms. The van der Waals surface area contributed by atoms with Gasteiger partial charge in [-0.25, -0.2) is 0 Å². The van der Waals surface area contributed by atoms with Crippen LogP contribution in [0.15, 0.2) is 75.8 Å². The summed E-state index contributed by atoms with van der Waals surface area (Å²) in [5, 5.41) is 23.1. The normalized spacial score (nSPS) is 11.7. The minimum Gasteiger partial charge on any atom is -0.505 e. The summed E-state index contributed by atoms with van der Waals surface area (Å²) in [4.78, 5) is 12.7. The molecule has 9 nitrogen and oxygen atoms in total. The Bertz CT molecular complexity index is 1690. The molecule has 12 heteroatoms. The summed E-state index contributed by atoms with van der Waals surface area (Å²) in [6.07, 6.45) is 0.